The summed E-state index contributed by atoms with van der Waals surface area (Å²) in [5.41, 5.74) is 0.908. The number of ether oxygens (including phenoxy) is 2. The normalized spacial score (nSPS) is 21.7. The number of carboxylic acid groups (broad SMARTS) is 1. The Morgan fingerprint density at radius 1 is 1.39 bits per heavy atom. The number of carboxylic acids is 1. The maximum Gasteiger partial charge on any atom is 0.342 e. The van der Waals surface area contributed by atoms with E-state index < -0.39 is 5.97 Å². The Kier molecular flexibility index (Phi) is 4.21. The highest BCUT2D eigenvalue weighted by Gasteiger charge is 2.24. The zero-order valence-corrected chi connectivity index (χ0v) is 13.5. The molecule has 1 aliphatic heterocycles. The number of fused-ring (bicyclic) bond motifs is 1. The number of imidazole rings is 1. The fourth-order valence-corrected chi connectivity index (χ4v) is 2.70. The van der Waals surface area contributed by atoms with E-state index in [0.717, 1.165) is 18.5 Å². The van der Waals surface area contributed by atoms with Gasteiger partial charge in [0.1, 0.15) is 5.56 Å². The molecule has 2 aromatic heterocycles. The largest absolute Gasteiger partial charge is 0.477 e. The molecule has 1 saturated heterocycles. The monoisotopic (exact) mass is 319 g/mol. The van der Waals surface area contributed by atoms with Gasteiger partial charge in [0.15, 0.2) is 0 Å². The van der Waals surface area contributed by atoms with Crippen LogP contribution in [-0.4, -0.2) is 44.3 Å². The summed E-state index contributed by atoms with van der Waals surface area (Å²) in [7, 11) is 0. The highest BCUT2D eigenvalue weighted by Crippen LogP contribution is 2.28. The molecule has 2 unspecified atom stereocenters. The Balaban J connectivity index is 1.97. The molecule has 0 amide bonds. The second kappa shape index (κ2) is 6.16. The van der Waals surface area contributed by atoms with Crippen LogP contribution in [0.15, 0.2) is 12.4 Å². The van der Waals surface area contributed by atoms with Crippen LogP contribution in [0.25, 0.3) is 5.78 Å². The van der Waals surface area contributed by atoms with Gasteiger partial charge in [-0.1, -0.05) is 0 Å². The van der Waals surface area contributed by atoms with Gasteiger partial charge < -0.3 is 14.6 Å². The maximum absolute atomic E-state index is 11.4. The molecule has 3 rings (SSSR count). The average molecular weight is 319 g/mol. The molecule has 3 heterocycles. The van der Waals surface area contributed by atoms with Crippen LogP contribution >= 0.6 is 0 Å². The van der Waals surface area contributed by atoms with Crippen molar-refractivity contribution in [2.24, 2.45) is 0 Å². The Labute approximate surface area is 134 Å². The number of carbonyl (C=O) groups is 1. The molecule has 1 fully saturated rings. The summed E-state index contributed by atoms with van der Waals surface area (Å²) in [4.78, 5) is 20.2. The lowest BCUT2D eigenvalue weighted by Gasteiger charge is -2.25. The Hall–Kier alpha value is -2.15. The molecular weight excluding hydrogens is 298 g/mol. The van der Waals surface area contributed by atoms with Gasteiger partial charge in [-0.3, -0.25) is 4.40 Å². The lowest BCUT2D eigenvalue weighted by Crippen LogP contribution is -2.22. The summed E-state index contributed by atoms with van der Waals surface area (Å²) in [5.74, 6) is -0.305. The smallest absolute Gasteiger partial charge is 0.342 e. The van der Waals surface area contributed by atoms with E-state index in [4.69, 9.17) is 9.47 Å². The van der Waals surface area contributed by atoms with Crippen molar-refractivity contribution in [3.8, 4) is 5.88 Å². The summed E-state index contributed by atoms with van der Waals surface area (Å²) in [5, 5.41) is 9.35. The topological polar surface area (TPSA) is 86.0 Å². The summed E-state index contributed by atoms with van der Waals surface area (Å²) < 4.78 is 12.8. The van der Waals surface area contributed by atoms with Crippen molar-refractivity contribution in [2.45, 2.75) is 51.7 Å². The van der Waals surface area contributed by atoms with E-state index in [0.29, 0.717) is 12.4 Å². The molecule has 2 aromatic rings. The number of hydrogen-bond acceptors (Lipinski definition) is 5. The Bertz CT molecular complexity index is 717. The minimum absolute atomic E-state index is 0.0312. The van der Waals surface area contributed by atoms with E-state index in [2.05, 4.69) is 16.9 Å². The fourth-order valence-electron chi connectivity index (χ4n) is 2.70. The van der Waals surface area contributed by atoms with E-state index in [1.807, 2.05) is 20.0 Å². The highest BCUT2D eigenvalue weighted by atomic mass is 16.5. The van der Waals surface area contributed by atoms with E-state index in [1.165, 1.54) is 6.20 Å². The van der Waals surface area contributed by atoms with Crippen LogP contribution in [-0.2, 0) is 4.74 Å². The molecular formula is C16H21N3O4. The molecule has 0 saturated carbocycles. The van der Waals surface area contributed by atoms with E-state index in [-0.39, 0.29) is 29.6 Å². The second-order valence-corrected chi connectivity index (χ2v) is 6.22. The van der Waals surface area contributed by atoms with Gasteiger partial charge in [-0.15, -0.1) is 0 Å². The second-order valence-electron chi connectivity index (χ2n) is 6.22. The molecule has 7 nitrogen and oxygen atoms in total. The van der Waals surface area contributed by atoms with Crippen LogP contribution < -0.4 is 4.74 Å². The number of aromatic carboxylic acids is 1. The van der Waals surface area contributed by atoms with Gasteiger partial charge in [0.25, 0.3) is 0 Å². The van der Waals surface area contributed by atoms with Crippen LogP contribution in [0.5, 0.6) is 5.88 Å². The third kappa shape index (κ3) is 3.29. The highest BCUT2D eigenvalue weighted by molar-refractivity contribution is 5.90. The number of rotatable bonds is 4. The standard InChI is InChI=1S/C16H21N3O4/c1-9(2)23-14-12(15(20)21)6-19-7-13(17-16(19)18-14)11-5-4-10(3)22-8-11/h6-7,9-11H,4-5,8H2,1-3H3,(H,20,21). The summed E-state index contributed by atoms with van der Waals surface area (Å²) in [6, 6.07) is 0. The van der Waals surface area contributed by atoms with E-state index in [1.54, 1.807) is 4.40 Å². The number of nitrogens with zero attached hydrogens (tertiary/aromatic N) is 3. The van der Waals surface area contributed by atoms with Crippen LogP contribution in [0.3, 0.4) is 0 Å². The molecule has 0 bridgehead atoms. The van der Waals surface area contributed by atoms with Gasteiger partial charge in [-0.25, -0.2) is 9.78 Å². The van der Waals surface area contributed by atoms with Crippen LogP contribution in [0.1, 0.15) is 55.6 Å². The Morgan fingerprint density at radius 2 is 2.17 bits per heavy atom. The molecule has 0 aromatic carbocycles. The summed E-state index contributed by atoms with van der Waals surface area (Å²) >= 11 is 0. The molecule has 1 N–H and O–H groups in total. The zero-order valence-electron chi connectivity index (χ0n) is 13.5. The van der Waals surface area contributed by atoms with Crippen molar-refractivity contribution >= 4 is 11.7 Å². The van der Waals surface area contributed by atoms with Crippen molar-refractivity contribution in [1.82, 2.24) is 14.4 Å². The molecule has 124 valence electrons. The van der Waals surface area contributed by atoms with E-state index in [9.17, 15) is 9.90 Å². The van der Waals surface area contributed by atoms with Crippen LogP contribution in [0, 0.1) is 0 Å². The third-order valence-corrected chi connectivity index (χ3v) is 3.93. The minimum atomic E-state index is -1.07. The quantitative estimate of drug-likeness (QED) is 0.932. The first-order valence-corrected chi connectivity index (χ1v) is 7.85. The minimum Gasteiger partial charge on any atom is -0.477 e. The fraction of sp³-hybridized carbons (Fsp3) is 0.562. The van der Waals surface area contributed by atoms with Crippen molar-refractivity contribution in [1.29, 1.82) is 0 Å². The first-order valence-electron chi connectivity index (χ1n) is 7.85. The summed E-state index contributed by atoms with van der Waals surface area (Å²) in [6.45, 7) is 6.35. The Morgan fingerprint density at radius 3 is 2.78 bits per heavy atom. The number of hydrogen-bond donors (Lipinski definition) is 1. The SMILES string of the molecule is CC(C)Oc1nc2nc(C3CCC(C)OC3)cn2cc1C(=O)O. The molecule has 1 aliphatic rings. The van der Waals surface area contributed by atoms with Crippen molar-refractivity contribution < 1.29 is 19.4 Å². The van der Waals surface area contributed by atoms with Crippen molar-refractivity contribution in [3.63, 3.8) is 0 Å². The summed E-state index contributed by atoms with van der Waals surface area (Å²) in [6.07, 6.45) is 5.46. The van der Waals surface area contributed by atoms with Gasteiger partial charge in [0.2, 0.25) is 11.7 Å². The average Bonchev–Trinajstić information content (AvgIpc) is 2.89. The molecule has 2 atom stereocenters. The predicted octanol–water partition coefficient (Wildman–Crippen LogP) is 2.50. The zero-order chi connectivity index (χ0) is 16.6. The molecule has 7 heteroatoms. The van der Waals surface area contributed by atoms with Crippen molar-refractivity contribution in [3.05, 3.63) is 23.7 Å². The van der Waals surface area contributed by atoms with Gasteiger partial charge in [0, 0.05) is 18.3 Å². The van der Waals surface area contributed by atoms with Gasteiger partial charge >= 0.3 is 5.97 Å². The van der Waals surface area contributed by atoms with E-state index >= 15 is 0 Å². The van der Waals surface area contributed by atoms with Gasteiger partial charge in [0.05, 0.1) is 24.5 Å². The lowest BCUT2D eigenvalue weighted by atomic mass is 9.96. The van der Waals surface area contributed by atoms with Crippen molar-refractivity contribution in [2.75, 3.05) is 6.61 Å². The maximum atomic E-state index is 11.4. The number of aromatic nitrogens is 3. The van der Waals surface area contributed by atoms with Gasteiger partial charge in [-0.2, -0.15) is 4.98 Å². The molecule has 0 spiro atoms. The van der Waals surface area contributed by atoms with Crippen LogP contribution in [0.2, 0.25) is 0 Å². The molecule has 0 radical (unpaired) electrons. The van der Waals surface area contributed by atoms with Gasteiger partial charge in [-0.05, 0) is 33.6 Å². The van der Waals surface area contributed by atoms with Crippen LogP contribution in [0.4, 0.5) is 0 Å². The first kappa shape index (κ1) is 15.7. The predicted molar refractivity (Wildman–Crippen MR) is 83.1 cm³/mol. The molecule has 0 aliphatic carbocycles. The first-order chi connectivity index (χ1) is 10.9. The molecule has 23 heavy (non-hydrogen) atoms. The third-order valence-electron chi connectivity index (χ3n) is 3.93. The lowest BCUT2D eigenvalue weighted by molar-refractivity contribution is 0.0147.